The van der Waals surface area contributed by atoms with E-state index >= 15 is 0 Å². The van der Waals surface area contributed by atoms with Crippen molar-refractivity contribution < 1.29 is 9.59 Å². The quantitative estimate of drug-likeness (QED) is 0.621. The fourth-order valence-corrected chi connectivity index (χ4v) is 2.19. The first-order chi connectivity index (χ1) is 11.0. The van der Waals surface area contributed by atoms with Crippen molar-refractivity contribution in [2.45, 2.75) is 32.7 Å². The van der Waals surface area contributed by atoms with Crippen LogP contribution >= 0.6 is 0 Å². The summed E-state index contributed by atoms with van der Waals surface area (Å²) in [5.41, 5.74) is 2.50. The van der Waals surface area contributed by atoms with Crippen LogP contribution in [0.3, 0.4) is 0 Å². The summed E-state index contributed by atoms with van der Waals surface area (Å²) in [4.78, 5) is 25.8. The first kappa shape index (κ1) is 17.0. The van der Waals surface area contributed by atoms with Crippen LogP contribution in [-0.4, -0.2) is 35.8 Å². The highest BCUT2D eigenvalue weighted by Crippen LogP contribution is 2.19. The molecule has 0 spiro atoms. The number of hydrogen-bond donors (Lipinski definition) is 1. The molecule has 0 aliphatic heterocycles. The molecule has 122 valence electrons. The van der Waals surface area contributed by atoms with Gasteiger partial charge >= 0.3 is 0 Å². The minimum Gasteiger partial charge on any atom is -0.349 e. The molecular formula is C19H24N2O2. The Labute approximate surface area is 137 Å². The van der Waals surface area contributed by atoms with E-state index < -0.39 is 0 Å². The zero-order chi connectivity index (χ0) is 16.8. The third-order valence-electron chi connectivity index (χ3n) is 3.66. The molecule has 0 bridgehead atoms. The second-order valence-corrected chi connectivity index (χ2v) is 6.01. The average Bonchev–Trinajstić information content (AvgIpc) is 3.34. The Hall–Kier alpha value is -2.36. The van der Waals surface area contributed by atoms with Gasteiger partial charge in [0.15, 0.2) is 0 Å². The van der Waals surface area contributed by atoms with Gasteiger partial charge in [-0.3, -0.25) is 9.59 Å². The van der Waals surface area contributed by atoms with Gasteiger partial charge in [0.25, 0.3) is 5.91 Å². The van der Waals surface area contributed by atoms with Crippen LogP contribution in [-0.2, 0) is 4.79 Å². The van der Waals surface area contributed by atoms with Crippen LogP contribution in [0.5, 0.6) is 0 Å². The van der Waals surface area contributed by atoms with E-state index in [1.54, 1.807) is 29.2 Å². The maximum absolute atomic E-state index is 12.1. The fourth-order valence-electron chi connectivity index (χ4n) is 2.19. The number of nitrogens with zero attached hydrogens (tertiary/aromatic N) is 1. The van der Waals surface area contributed by atoms with Crippen molar-refractivity contribution in [3.05, 3.63) is 53.6 Å². The molecule has 1 aromatic rings. The topological polar surface area (TPSA) is 49.4 Å². The highest BCUT2D eigenvalue weighted by molar-refractivity contribution is 5.95. The maximum Gasteiger partial charge on any atom is 0.251 e. The number of likely N-dealkylation sites (N-methyl/N-ethyl adjacent to an activating group) is 1. The molecule has 1 saturated carbocycles. The average molecular weight is 312 g/mol. The van der Waals surface area contributed by atoms with Crippen molar-refractivity contribution in [3.8, 4) is 0 Å². The molecule has 0 atom stereocenters. The van der Waals surface area contributed by atoms with Gasteiger partial charge in [-0.15, -0.1) is 0 Å². The number of carbonyl (C=O) groups excluding carboxylic acids is 2. The van der Waals surface area contributed by atoms with E-state index in [1.807, 2.05) is 26.0 Å². The normalized spacial score (nSPS) is 13.8. The Morgan fingerprint density at radius 1 is 1.30 bits per heavy atom. The van der Waals surface area contributed by atoms with E-state index in [2.05, 4.69) is 11.9 Å². The largest absolute Gasteiger partial charge is 0.349 e. The lowest BCUT2D eigenvalue weighted by molar-refractivity contribution is -0.125. The van der Waals surface area contributed by atoms with E-state index in [4.69, 9.17) is 0 Å². The van der Waals surface area contributed by atoms with Crippen LogP contribution in [0, 0.1) is 0 Å². The lowest BCUT2D eigenvalue weighted by atomic mass is 10.1. The van der Waals surface area contributed by atoms with Gasteiger partial charge in [-0.05, 0) is 50.5 Å². The molecule has 0 heterocycles. The standard InChI is InChI=1S/C19H24N2O2/c1-4-21(13-14(2)3)18(22)12-7-15-5-8-16(9-6-15)19(23)20-17-10-11-17/h5-9,12,17H,2,4,10-11,13H2,1,3H3,(H,20,23)/b12-7+. The van der Waals surface area contributed by atoms with Gasteiger partial charge in [-0.2, -0.15) is 0 Å². The molecule has 2 rings (SSSR count). The molecule has 1 N–H and O–H groups in total. The molecule has 1 aromatic carbocycles. The van der Waals surface area contributed by atoms with Crippen molar-refractivity contribution in [2.24, 2.45) is 0 Å². The summed E-state index contributed by atoms with van der Waals surface area (Å²) in [6.07, 6.45) is 5.48. The van der Waals surface area contributed by atoms with Gasteiger partial charge in [0.2, 0.25) is 5.91 Å². The summed E-state index contributed by atoms with van der Waals surface area (Å²) in [6, 6.07) is 7.62. The van der Waals surface area contributed by atoms with Crippen molar-refractivity contribution in [1.29, 1.82) is 0 Å². The van der Waals surface area contributed by atoms with Crippen LogP contribution in [0.15, 0.2) is 42.5 Å². The van der Waals surface area contributed by atoms with Gasteiger partial charge in [0, 0.05) is 30.8 Å². The number of rotatable bonds is 7. The molecule has 4 nitrogen and oxygen atoms in total. The van der Waals surface area contributed by atoms with Crippen molar-refractivity contribution in [3.63, 3.8) is 0 Å². The molecule has 0 aromatic heterocycles. The molecule has 1 aliphatic rings. The first-order valence-electron chi connectivity index (χ1n) is 8.02. The minimum absolute atomic E-state index is 0.0299. The molecule has 0 unspecified atom stereocenters. The van der Waals surface area contributed by atoms with Crippen LogP contribution in [0.1, 0.15) is 42.6 Å². The molecule has 4 heteroatoms. The van der Waals surface area contributed by atoms with Gasteiger partial charge in [0.1, 0.15) is 0 Å². The highest BCUT2D eigenvalue weighted by Gasteiger charge is 2.23. The van der Waals surface area contributed by atoms with E-state index in [1.165, 1.54) is 0 Å². The molecule has 0 radical (unpaired) electrons. The summed E-state index contributed by atoms with van der Waals surface area (Å²) in [7, 11) is 0. The Morgan fingerprint density at radius 3 is 2.48 bits per heavy atom. The van der Waals surface area contributed by atoms with E-state index in [-0.39, 0.29) is 11.8 Å². The Bertz CT molecular complexity index is 613. The van der Waals surface area contributed by atoms with Crippen LogP contribution in [0.4, 0.5) is 0 Å². The van der Waals surface area contributed by atoms with Gasteiger partial charge in [-0.1, -0.05) is 24.3 Å². The predicted molar refractivity (Wildman–Crippen MR) is 93.0 cm³/mol. The van der Waals surface area contributed by atoms with Gasteiger partial charge in [0.05, 0.1) is 0 Å². The predicted octanol–water partition coefficient (Wildman–Crippen LogP) is 3.02. The lowest BCUT2D eigenvalue weighted by Crippen LogP contribution is -2.30. The Morgan fingerprint density at radius 2 is 1.96 bits per heavy atom. The van der Waals surface area contributed by atoms with E-state index in [9.17, 15) is 9.59 Å². The maximum atomic E-state index is 12.1. The van der Waals surface area contributed by atoms with Crippen LogP contribution in [0.2, 0.25) is 0 Å². The smallest absolute Gasteiger partial charge is 0.251 e. The fraction of sp³-hybridized carbons (Fsp3) is 0.368. The Kier molecular flexibility index (Phi) is 5.74. The second-order valence-electron chi connectivity index (χ2n) is 6.01. The molecule has 2 amide bonds. The third kappa shape index (κ3) is 5.40. The number of hydrogen-bond acceptors (Lipinski definition) is 2. The number of carbonyl (C=O) groups is 2. The van der Waals surface area contributed by atoms with E-state index in [0.717, 1.165) is 24.0 Å². The number of benzene rings is 1. The molecular weight excluding hydrogens is 288 g/mol. The zero-order valence-corrected chi connectivity index (χ0v) is 13.8. The zero-order valence-electron chi connectivity index (χ0n) is 13.8. The van der Waals surface area contributed by atoms with Crippen molar-refractivity contribution in [1.82, 2.24) is 10.2 Å². The summed E-state index contributed by atoms with van der Waals surface area (Å²) in [6.45, 7) is 8.91. The summed E-state index contributed by atoms with van der Waals surface area (Å²) < 4.78 is 0. The Balaban J connectivity index is 1.94. The lowest BCUT2D eigenvalue weighted by Gasteiger charge is -2.18. The SMILES string of the molecule is C=C(C)CN(CC)C(=O)/C=C/c1ccc(C(=O)NC2CC2)cc1. The second kappa shape index (κ2) is 7.77. The van der Waals surface area contributed by atoms with E-state index in [0.29, 0.717) is 24.7 Å². The molecule has 23 heavy (non-hydrogen) atoms. The minimum atomic E-state index is -0.0361. The number of nitrogens with one attached hydrogen (secondary N) is 1. The van der Waals surface area contributed by atoms with Gasteiger partial charge in [-0.25, -0.2) is 0 Å². The van der Waals surface area contributed by atoms with Crippen molar-refractivity contribution >= 4 is 17.9 Å². The van der Waals surface area contributed by atoms with Crippen LogP contribution in [0.25, 0.3) is 6.08 Å². The highest BCUT2D eigenvalue weighted by atomic mass is 16.2. The third-order valence-corrected chi connectivity index (χ3v) is 3.66. The summed E-state index contributed by atoms with van der Waals surface area (Å²) in [5.74, 6) is -0.0659. The van der Waals surface area contributed by atoms with Gasteiger partial charge < -0.3 is 10.2 Å². The molecule has 0 saturated heterocycles. The first-order valence-corrected chi connectivity index (χ1v) is 8.02. The summed E-state index contributed by atoms with van der Waals surface area (Å²) in [5, 5.41) is 2.95. The van der Waals surface area contributed by atoms with Crippen LogP contribution < -0.4 is 5.32 Å². The summed E-state index contributed by atoms with van der Waals surface area (Å²) >= 11 is 0. The molecule has 1 aliphatic carbocycles. The van der Waals surface area contributed by atoms with Crippen molar-refractivity contribution in [2.75, 3.05) is 13.1 Å². The molecule has 1 fully saturated rings. The number of amides is 2. The monoisotopic (exact) mass is 312 g/mol.